The molecule has 5 nitrogen and oxygen atoms in total. The number of amides is 2. The molecule has 126 valence electrons. The van der Waals surface area contributed by atoms with E-state index in [2.05, 4.69) is 10.6 Å². The van der Waals surface area contributed by atoms with Crippen LogP contribution in [0.25, 0.3) is 0 Å². The first-order valence-electron chi connectivity index (χ1n) is 7.49. The summed E-state index contributed by atoms with van der Waals surface area (Å²) in [5, 5.41) is 5.43. The van der Waals surface area contributed by atoms with Gasteiger partial charge in [-0.05, 0) is 23.8 Å². The Kier molecular flexibility index (Phi) is 6.26. The van der Waals surface area contributed by atoms with Crippen molar-refractivity contribution < 1.29 is 13.8 Å². The van der Waals surface area contributed by atoms with Gasteiger partial charge in [-0.2, -0.15) is 0 Å². The van der Waals surface area contributed by atoms with Crippen molar-refractivity contribution in [2.45, 2.75) is 6.04 Å². The largest absolute Gasteiger partial charge is 0.355 e. The van der Waals surface area contributed by atoms with Crippen LogP contribution >= 0.6 is 0 Å². The van der Waals surface area contributed by atoms with Crippen molar-refractivity contribution in [1.29, 1.82) is 0 Å². The zero-order chi connectivity index (χ0) is 17.5. The minimum absolute atomic E-state index is 0.251. The minimum atomic E-state index is -1.06. The van der Waals surface area contributed by atoms with Gasteiger partial charge in [0.1, 0.15) is 0 Å². The molecule has 0 spiro atoms. The van der Waals surface area contributed by atoms with Gasteiger partial charge in [-0.15, -0.1) is 0 Å². The van der Waals surface area contributed by atoms with Crippen LogP contribution in [0, 0.1) is 0 Å². The molecule has 2 aromatic rings. The Balaban J connectivity index is 2.21. The third-order valence-corrected chi connectivity index (χ3v) is 4.33. The normalized spacial score (nSPS) is 12.9. The Hall–Kier alpha value is -2.47. The van der Waals surface area contributed by atoms with E-state index in [1.165, 1.54) is 7.05 Å². The Labute approximate surface area is 143 Å². The lowest BCUT2D eigenvalue weighted by molar-refractivity contribution is 0.0940. The van der Waals surface area contributed by atoms with Gasteiger partial charge in [0.05, 0.1) is 6.04 Å². The van der Waals surface area contributed by atoms with Crippen molar-refractivity contribution in [3.63, 3.8) is 0 Å². The topological polar surface area (TPSA) is 75.3 Å². The fourth-order valence-electron chi connectivity index (χ4n) is 2.33. The zero-order valence-corrected chi connectivity index (χ0v) is 14.4. The summed E-state index contributed by atoms with van der Waals surface area (Å²) in [6.45, 7) is 0. The molecule has 0 radical (unpaired) electrons. The summed E-state index contributed by atoms with van der Waals surface area (Å²) < 4.78 is 11.6. The van der Waals surface area contributed by atoms with Gasteiger partial charge in [0, 0.05) is 41.0 Å². The van der Waals surface area contributed by atoms with Crippen LogP contribution in [0.5, 0.6) is 0 Å². The monoisotopic (exact) mass is 344 g/mol. The van der Waals surface area contributed by atoms with E-state index in [-0.39, 0.29) is 17.9 Å². The van der Waals surface area contributed by atoms with Crippen LogP contribution < -0.4 is 10.6 Å². The molecule has 2 N–H and O–H groups in total. The molecule has 2 amide bonds. The van der Waals surface area contributed by atoms with Gasteiger partial charge in [0.2, 0.25) is 0 Å². The second-order valence-corrected chi connectivity index (χ2v) is 6.82. The lowest BCUT2D eigenvalue weighted by atomic mass is 10.1. The number of hydrogen-bond acceptors (Lipinski definition) is 3. The molecule has 24 heavy (non-hydrogen) atoms. The lowest BCUT2D eigenvalue weighted by Crippen LogP contribution is -2.32. The summed E-state index contributed by atoms with van der Waals surface area (Å²) in [4.78, 5) is 24.2. The first kappa shape index (κ1) is 17.9. The van der Waals surface area contributed by atoms with Gasteiger partial charge < -0.3 is 10.6 Å². The fraction of sp³-hybridized carbons (Fsp3) is 0.222. The molecule has 0 heterocycles. The molecule has 0 unspecified atom stereocenters. The molecule has 0 saturated heterocycles. The van der Waals surface area contributed by atoms with Crippen molar-refractivity contribution in [2.75, 3.05) is 19.1 Å². The summed E-state index contributed by atoms with van der Waals surface area (Å²) in [6, 6.07) is 15.5. The van der Waals surface area contributed by atoms with E-state index in [1.807, 2.05) is 30.3 Å². The number of rotatable bonds is 6. The van der Waals surface area contributed by atoms with Gasteiger partial charge in [0.15, 0.2) is 0 Å². The second kappa shape index (κ2) is 8.40. The first-order chi connectivity index (χ1) is 11.5. The SMILES string of the molecule is CNC(=O)c1cccc(C(=O)N[C@@H](C[S@](C)=O)c2ccccc2)c1. The van der Waals surface area contributed by atoms with E-state index in [0.29, 0.717) is 16.9 Å². The maximum Gasteiger partial charge on any atom is 0.251 e. The highest BCUT2D eigenvalue weighted by atomic mass is 32.2. The highest BCUT2D eigenvalue weighted by Crippen LogP contribution is 2.15. The van der Waals surface area contributed by atoms with Gasteiger partial charge >= 0.3 is 0 Å². The molecule has 2 atom stereocenters. The predicted molar refractivity (Wildman–Crippen MR) is 95.4 cm³/mol. The molecule has 0 saturated carbocycles. The van der Waals surface area contributed by atoms with E-state index in [4.69, 9.17) is 0 Å². The molecule has 6 heteroatoms. The average molecular weight is 344 g/mol. The predicted octanol–water partition coefficient (Wildman–Crippen LogP) is 1.90. The molecule has 0 fully saturated rings. The second-order valence-electron chi connectivity index (χ2n) is 5.34. The van der Waals surface area contributed by atoms with E-state index < -0.39 is 10.8 Å². The molecule has 2 aromatic carbocycles. The number of carbonyl (C=O) groups excluding carboxylic acids is 2. The maximum absolute atomic E-state index is 12.5. The van der Waals surface area contributed by atoms with Gasteiger partial charge in [-0.1, -0.05) is 36.4 Å². The van der Waals surface area contributed by atoms with Crippen molar-refractivity contribution >= 4 is 22.6 Å². The van der Waals surface area contributed by atoms with Crippen LogP contribution in [-0.4, -0.2) is 35.1 Å². The van der Waals surface area contributed by atoms with Crippen LogP contribution in [0.2, 0.25) is 0 Å². The third-order valence-electron chi connectivity index (χ3n) is 3.52. The van der Waals surface area contributed by atoms with Crippen molar-refractivity contribution in [3.05, 3.63) is 71.3 Å². The van der Waals surface area contributed by atoms with E-state index >= 15 is 0 Å². The molecule has 0 bridgehead atoms. The summed E-state index contributed by atoms with van der Waals surface area (Å²) in [5.74, 6) is -0.232. The zero-order valence-electron chi connectivity index (χ0n) is 13.6. The van der Waals surface area contributed by atoms with Crippen molar-refractivity contribution in [2.24, 2.45) is 0 Å². The van der Waals surface area contributed by atoms with Crippen LogP contribution in [0.15, 0.2) is 54.6 Å². The van der Waals surface area contributed by atoms with Crippen molar-refractivity contribution in [1.82, 2.24) is 10.6 Å². The minimum Gasteiger partial charge on any atom is -0.355 e. The van der Waals surface area contributed by atoms with E-state index in [1.54, 1.807) is 30.5 Å². The summed E-state index contributed by atoms with van der Waals surface area (Å²) >= 11 is 0. The van der Waals surface area contributed by atoms with Crippen LogP contribution in [0.4, 0.5) is 0 Å². The third kappa shape index (κ3) is 4.76. The molecule has 0 aliphatic carbocycles. The fourth-order valence-corrected chi connectivity index (χ4v) is 3.07. The molecular formula is C18H20N2O3S. The van der Waals surface area contributed by atoms with Crippen LogP contribution in [-0.2, 0) is 10.8 Å². The van der Waals surface area contributed by atoms with Gasteiger partial charge in [-0.3, -0.25) is 13.8 Å². The number of carbonyl (C=O) groups is 2. The van der Waals surface area contributed by atoms with E-state index in [0.717, 1.165) is 5.56 Å². The number of benzene rings is 2. The Morgan fingerprint density at radius 2 is 1.62 bits per heavy atom. The lowest BCUT2D eigenvalue weighted by Gasteiger charge is -2.18. The highest BCUT2D eigenvalue weighted by molar-refractivity contribution is 7.84. The molecule has 0 aliphatic heterocycles. The Morgan fingerprint density at radius 3 is 2.21 bits per heavy atom. The smallest absolute Gasteiger partial charge is 0.251 e. The summed E-state index contributed by atoms with van der Waals surface area (Å²) in [6.07, 6.45) is 1.61. The standard InChI is InChI=1S/C18H20N2O3S/c1-19-17(21)14-9-6-10-15(11-14)18(22)20-16(12-24(2)23)13-7-4-3-5-8-13/h3-11,16H,12H2,1-2H3,(H,19,21)(H,20,22)/t16-,24-/m0/s1. The average Bonchev–Trinajstić information content (AvgIpc) is 2.61. The van der Waals surface area contributed by atoms with Crippen LogP contribution in [0.3, 0.4) is 0 Å². The summed E-state index contributed by atoms with van der Waals surface area (Å²) in [7, 11) is 0.478. The first-order valence-corrected chi connectivity index (χ1v) is 9.22. The highest BCUT2D eigenvalue weighted by Gasteiger charge is 2.18. The Morgan fingerprint density at radius 1 is 1.00 bits per heavy atom. The molecule has 0 aliphatic rings. The molecule has 0 aromatic heterocycles. The number of nitrogens with one attached hydrogen (secondary N) is 2. The maximum atomic E-state index is 12.5. The van der Waals surface area contributed by atoms with Crippen molar-refractivity contribution in [3.8, 4) is 0 Å². The van der Waals surface area contributed by atoms with Crippen LogP contribution in [0.1, 0.15) is 32.3 Å². The van der Waals surface area contributed by atoms with Gasteiger partial charge in [-0.25, -0.2) is 0 Å². The number of hydrogen-bond donors (Lipinski definition) is 2. The quantitative estimate of drug-likeness (QED) is 0.840. The van der Waals surface area contributed by atoms with E-state index in [9.17, 15) is 13.8 Å². The summed E-state index contributed by atoms with van der Waals surface area (Å²) in [5.41, 5.74) is 1.70. The van der Waals surface area contributed by atoms with Gasteiger partial charge in [0.25, 0.3) is 11.8 Å². The molecule has 2 rings (SSSR count). The Bertz CT molecular complexity index is 747. The molecular weight excluding hydrogens is 324 g/mol.